The molecular weight excluding hydrogens is 412 g/mol. The van der Waals surface area contributed by atoms with Crippen molar-refractivity contribution in [3.63, 3.8) is 0 Å². The number of benzene rings is 2. The summed E-state index contributed by atoms with van der Waals surface area (Å²) in [5, 5.41) is 3.40. The van der Waals surface area contributed by atoms with Crippen molar-refractivity contribution in [3.05, 3.63) is 63.6 Å². The fourth-order valence-electron chi connectivity index (χ4n) is 3.02. The standard InChI is InChI=1S/C20H17Cl2F3N2O/c21-15-6-3-13(16(22)12-15)4-8-19(28)26-17-11-14(20(23,24)25)5-7-18(17)27-9-1-2-10-27/h3-8,11-12H,1-2,9-10H2,(H,26,28)/b8-4+. The molecule has 8 heteroatoms. The number of anilines is 2. The first-order valence-electron chi connectivity index (χ1n) is 8.64. The summed E-state index contributed by atoms with van der Waals surface area (Å²) in [6.07, 6.45) is 0.142. The van der Waals surface area contributed by atoms with Crippen LogP contribution in [0.4, 0.5) is 24.5 Å². The third kappa shape index (κ3) is 5.00. The van der Waals surface area contributed by atoms with E-state index in [1.165, 1.54) is 18.2 Å². The Labute approximate surface area is 170 Å². The zero-order valence-corrected chi connectivity index (χ0v) is 16.2. The highest BCUT2D eigenvalue weighted by Crippen LogP contribution is 2.36. The number of carbonyl (C=O) groups excluding carboxylic acids is 1. The maximum Gasteiger partial charge on any atom is 0.416 e. The van der Waals surface area contributed by atoms with Crippen molar-refractivity contribution < 1.29 is 18.0 Å². The Morgan fingerprint density at radius 3 is 2.43 bits per heavy atom. The maximum atomic E-state index is 13.1. The topological polar surface area (TPSA) is 32.3 Å². The number of halogens is 5. The van der Waals surface area contributed by atoms with Crippen LogP contribution in [-0.4, -0.2) is 19.0 Å². The quantitative estimate of drug-likeness (QED) is 0.582. The second-order valence-corrected chi connectivity index (χ2v) is 7.26. The SMILES string of the molecule is O=C(/C=C/c1ccc(Cl)cc1Cl)Nc1cc(C(F)(F)F)ccc1N1CCCC1. The molecule has 3 rings (SSSR count). The molecule has 1 fully saturated rings. The van der Waals surface area contributed by atoms with Gasteiger partial charge in [0.25, 0.3) is 0 Å². The molecule has 2 aromatic carbocycles. The molecule has 0 radical (unpaired) electrons. The highest BCUT2D eigenvalue weighted by molar-refractivity contribution is 6.35. The number of hydrogen-bond donors (Lipinski definition) is 1. The lowest BCUT2D eigenvalue weighted by atomic mass is 10.1. The number of carbonyl (C=O) groups is 1. The summed E-state index contributed by atoms with van der Waals surface area (Å²) in [6, 6.07) is 8.22. The molecule has 0 bridgehead atoms. The van der Waals surface area contributed by atoms with Gasteiger partial charge < -0.3 is 10.2 Å². The summed E-state index contributed by atoms with van der Waals surface area (Å²) in [5.41, 5.74) is 0.478. The van der Waals surface area contributed by atoms with Crippen molar-refractivity contribution in [1.29, 1.82) is 0 Å². The van der Waals surface area contributed by atoms with Crippen LogP contribution < -0.4 is 10.2 Å². The normalized spacial score (nSPS) is 14.7. The van der Waals surface area contributed by atoms with Gasteiger partial charge in [0, 0.05) is 29.2 Å². The number of amides is 1. The molecule has 28 heavy (non-hydrogen) atoms. The second-order valence-electron chi connectivity index (χ2n) is 6.41. The van der Waals surface area contributed by atoms with Gasteiger partial charge >= 0.3 is 6.18 Å². The molecule has 1 aliphatic rings. The van der Waals surface area contributed by atoms with Crippen LogP contribution in [0.2, 0.25) is 10.0 Å². The molecule has 1 heterocycles. The van der Waals surface area contributed by atoms with Gasteiger partial charge in [-0.3, -0.25) is 4.79 Å². The van der Waals surface area contributed by atoms with Crippen LogP contribution in [0.5, 0.6) is 0 Å². The van der Waals surface area contributed by atoms with Crippen LogP contribution in [0.25, 0.3) is 6.08 Å². The first-order chi connectivity index (χ1) is 13.2. The molecule has 0 unspecified atom stereocenters. The van der Waals surface area contributed by atoms with E-state index >= 15 is 0 Å². The van der Waals surface area contributed by atoms with E-state index in [0.29, 0.717) is 21.3 Å². The molecular formula is C20H17Cl2F3N2O. The predicted molar refractivity (Wildman–Crippen MR) is 107 cm³/mol. The van der Waals surface area contributed by atoms with Crippen LogP contribution in [0.3, 0.4) is 0 Å². The molecule has 2 aromatic rings. The average Bonchev–Trinajstić information content (AvgIpc) is 3.14. The number of nitrogens with one attached hydrogen (secondary N) is 1. The Balaban J connectivity index is 1.84. The molecule has 0 saturated carbocycles. The fraction of sp³-hybridized carbons (Fsp3) is 0.250. The fourth-order valence-corrected chi connectivity index (χ4v) is 3.49. The van der Waals surface area contributed by atoms with E-state index in [-0.39, 0.29) is 5.69 Å². The van der Waals surface area contributed by atoms with Gasteiger partial charge in [-0.15, -0.1) is 0 Å². The molecule has 1 saturated heterocycles. The first kappa shape index (κ1) is 20.6. The number of nitrogens with zero attached hydrogens (tertiary/aromatic N) is 1. The Hall–Kier alpha value is -2.18. The Morgan fingerprint density at radius 2 is 1.79 bits per heavy atom. The minimum absolute atomic E-state index is 0.133. The zero-order valence-electron chi connectivity index (χ0n) is 14.7. The van der Waals surface area contributed by atoms with Gasteiger partial charge in [-0.2, -0.15) is 13.2 Å². The van der Waals surface area contributed by atoms with E-state index in [2.05, 4.69) is 5.32 Å². The highest BCUT2D eigenvalue weighted by atomic mass is 35.5. The van der Waals surface area contributed by atoms with Crippen LogP contribution in [0.1, 0.15) is 24.0 Å². The summed E-state index contributed by atoms with van der Waals surface area (Å²) in [5.74, 6) is -0.550. The van der Waals surface area contributed by atoms with E-state index < -0.39 is 17.6 Å². The molecule has 1 N–H and O–H groups in total. The van der Waals surface area contributed by atoms with Gasteiger partial charge in [-0.1, -0.05) is 29.3 Å². The Kier molecular flexibility index (Phi) is 6.20. The van der Waals surface area contributed by atoms with Gasteiger partial charge in [0.15, 0.2) is 0 Å². The molecule has 0 aliphatic carbocycles. The first-order valence-corrected chi connectivity index (χ1v) is 9.40. The minimum atomic E-state index is -4.49. The predicted octanol–water partition coefficient (Wildman–Crippen LogP) is 6.26. The van der Waals surface area contributed by atoms with E-state index in [4.69, 9.17) is 23.2 Å². The minimum Gasteiger partial charge on any atom is -0.370 e. The van der Waals surface area contributed by atoms with Crippen LogP contribution in [0.15, 0.2) is 42.5 Å². The van der Waals surface area contributed by atoms with Gasteiger partial charge in [-0.05, 0) is 54.8 Å². The summed E-state index contributed by atoms with van der Waals surface area (Å²) in [4.78, 5) is 14.3. The summed E-state index contributed by atoms with van der Waals surface area (Å²) < 4.78 is 39.3. The van der Waals surface area contributed by atoms with E-state index in [1.807, 2.05) is 4.90 Å². The van der Waals surface area contributed by atoms with E-state index in [9.17, 15) is 18.0 Å². The van der Waals surface area contributed by atoms with Crippen LogP contribution in [-0.2, 0) is 11.0 Å². The summed E-state index contributed by atoms with van der Waals surface area (Å²) in [6.45, 7) is 1.48. The lowest BCUT2D eigenvalue weighted by Gasteiger charge is -2.22. The van der Waals surface area contributed by atoms with Gasteiger partial charge in [0.1, 0.15) is 0 Å². The third-order valence-corrected chi connectivity index (χ3v) is 4.97. The Morgan fingerprint density at radius 1 is 1.07 bits per heavy atom. The maximum absolute atomic E-state index is 13.1. The van der Waals surface area contributed by atoms with Crippen molar-refractivity contribution in [2.45, 2.75) is 19.0 Å². The third-order valence-electron chi connectivity index (χ3n) is 4.41. The number of hydrogen-bond acceptors (Lipinski definition) is 2. The Bertz CT molecular complexity index is 907. The number of rotatable bonds is 4. The van der Waals surface area contributed by atoms with Crippen LogP contribution in [0, 0.1) is 0 Å². The van der Waals surface area contributed by atoms with E-state index in [1.54, 1.807) is 18.2 Å². The molecule has 0 aromatic heterocycles. The lowest BCUT2D eigenvalue weighted by molar-refractivity contribution is -0.137. The van der Waals surface area contributed by atoms with Crippen molar-refractivity contribution in [1.82, 2.24) is 0 Å². The molecule has 3 nitrogen and oxygen atoms in total. The lowest BCUT2D eigenvalue weighted by Crippen LogP contribution is -2.21. The molecule has 1 aliphatic heterocycles. The summed E-state index contributed by atoms with van der Waals surface area (Å²) in [7, 11) is 0. The molecule has 0 atom stereocenters. The largest absolute Gasteiger partial charge is 0.416 e. The van der Waals surface area contributed by atoms with Gasteiger partial charge in [0.2, 0.25) is 5.91 Å². The molecule has 148 valence electrons. The zero-order chi connectivity index (χ0) is 20.3. The van der Waals surface area contributed by atoms with Crippen molar-refractivity contribution >= 4 is 46.6 Å². The monoisotopic (exact) mass is 428 g/mol. The summed E-state index contributed by atoms with van der Waals surface area (Å²) >= 11 is 11.9. The molecule has 1 amide bonds. The van der Waals surface area contributed by atoms with Crippen molar-refractivity contribution in [2.75, 3.05) is 23.3 Å². The average molecular weight is 429 g/mol. The van der Waals surface area contributed by atoms with Crippen LogP contribution >= 0.6 is 23.2 Å². The smallest absolute Gasteiger partial charge is 0.370 e. The number of alkyl halides is 3. The van der Waals surface area contributed by atoms with Crippen molar-refractivity contribution in [2.24, 2.45) is 0 Å². The van der Waals surface area contributed by atoms with Gasteiger partial charge in [0.05, 0.1) is 16.9 Å². The highest BCUT2D eigenvalue weighted by Gasteiger charge is 2.31. The second kappa shape index (κ2) is 8.45. The molecule has 0 spiro atoms. The van der Waals surface area contributed by atoms with E-state index in [0.717, 1.165) is 38.1 Å². The van der Waals surface area contributed by atoms with Crippen molar-refractivity contribution in [3.8, 4) is 0 Å². The van der Waals surface area contributed by atoms with Gasteiger partial charge in [-0.25, -0.2) is 0 Å².